The van der Waals surface area contributed by atoms with Gasteiger partial charge in [-0.05, 0) is 42.8 Å². The SMILES string of the molecule is Cc1ccc(S(=O)(=O)Nc2cccc(C(=O)N3CCNCC3)c2)cc1F.Cl. The van der Waals surface area contributed by atoms with E-state index in [-0.39, 0.29) is 28.9 Å². The van der Waals surface area contributed by atoms with Crippen LogP contribution in [0.5, 0.6) is 0 Å². The normalized spacial score (nSPS) is 14.4. The van der Waals surface area contributed by atoms with Crippen molar-refractivity contribution in [3.63, 3.8) is 0 Å². The zero-order valence-electron chi connectivity index (χ0n) is 14.7. The van der Waals surface area contributed by atoms with Gasteiger partial charge < -0.3 is 10.2 Å². The number of hydrogen-bond acceptors (Lipinski definition) is 4. The molecular weight excluding hydrogens is 393 g/mol. The predicted molar refractivity (Wildman–Crippen MR) is 104 cm³/mol. The lowest BCUT2D eigenvalue weighted by Crippen LogP contribution is -2.46. The second kappa shape index (κ2) is 8.69. The summed E-state index contributed by atoms with van der Waals surface area (Å²) in [4.78, 5) is 14.1. The zero-order valence-corrected chi connectivity index (χ0v) is 16.4. The van der Waals surface area contributed by atoms with E-state index < -0.39 is 15.8 Å². The number of rotatable bonds is 4. The van der Waals surface area contributed by atoms with Crippen molar-refractivity contribution in [2.24, 2.45) is 0 Å². The molecule has 0 spiro atoms. The molecule has 1 aliphatic rings. The summed E-state index contributed by atoms with van der Waals surface area (Å²) in [5, 5.41) is 3.17. The minimum absolute atomic E-state index is 0. The van der Waals surface area contributed by atoms with E-state index in [1.807, 2.05) is 0 Å². The molecule has 0 radical (unpaired) electrons. The third-order valence-corrected chi connectivity index (χ3v) is 5.60. The molecule has 1 saturated heterocycles. The van der Waals surface area contributed by atoms with Crippen LogP contribution in [0.4, 0.5) is 10.1 Å². The number of anilines is 1. The summed E-state index contributed by atoms with van der Waals surface area (Å²) in [7, 11) is -3.94. The molecule has 0 bridgehead atoms. The maximum Gasteiger partial charge on any atom is 0.261 e. The Morgan fingerprint density at radius 3 is 2.52 bits per heavy atom. The molecule has 1 amide bonds. The van der Waals surface area contributed by atoms with E-state index in [1.165, 1.54) is 18.2 Å². The number of carbonyl (C=O) groups excluding carboxylic acids is 1. The first-order chi connectivity index (χ1) is 12.4. The molecule has 2 aromatic rings. The molecule has 3 rings (SSSR count). The third kappa shape index (κ3) is 4.97. The Bertz CT molecular complexity index is 931. The smallest absolute Gasteiger partial charge is 0.261 e. The number of piperazine rings is 1. The highest BCUT2D eigenvalue weighted by Gasteiger charge is 2.20. The van der Waals surface area contributed by atoms with Crippen LogP contribution in [-0.4, -0.2) is 45.4 Å². The molecule has 1 aliphatic heterocycles. The Balaban J connectivity index is 0.00000261. The lowest BCUT2D eigenvalue weighted by Gasteiger charge is -2.27. The molecule has 1 fully saturated rings. The number of nitrogens with zero attached hydrogens (tertiary/aromatic N) is 1. The van der Waals surface area contributed by atoms with E-state index >= 15 is 0 Å². The molecule has 2 N–H and O–H groups in total. The zero-order chi connectivity index (χ0) is 18.7. The molecule has 0 atom stereocenters. The monoisotopic (exact) mass is 413 g/mol. The molecule has 146 valence electrons. The second-order valence-electron chi connectivity index (χ2n) is 6.14. The average molecular weight is 414 g/mol. The third-order valence-electron chi connectivity index (χ3n) is 4.22. The summed E-state index contributed by atoms with van der Waals surface area (Å²) < 4.78 is 41.0. The fourth-order valence-corrected chi connectivity index (χ4v) is 3.78. The van der Waals surface area contributed by atoms with Gasteiger partial charge in [0, 0.05) is 37.4 Å². The van der Waals surface area contributed by atoms with Crippen molar-refractivity contribution in [2.45, 2.75) is 11.8 Å². The van der Waals surface area contributed by atoms with Gasteiger partial charge in [-0.2, -0.15) is 0 Å². The maximum absolute atomic E-state index is 13.7. The van der Waals surface area contributed by atoms with Crippen LogP contribution < -0.4 is 10.0 Å². The first kappa shape index (κ1) is 21.1. The van der Waals surface area contributed by atoms with Gasteiger partial charge in [-0.3, -0.25) is 9.52 Å². The Hall–Kier alpha value is -2.16. The molecule has 2 aromatic carbocycles. The van der Waals surface area contributed by atoms with Crippen molar-refractivity contribution >= 4 is 34.0 Å². The number of nitrogens with one attached hydrogen (secondary N) is 2. The Morgan fingerprint density at radius 1 is 1.15 bits per heavy atom. The molecule has 9 heteroatoms. The van der Waals surface area contributed by atoms with Gasteiger partial charge >= 0.3 is 0 Å². The highest BCUT2D eigenvalue weighted by molar-refractivity contribution is 7.92. The fourth-order valence-electron chi connectivity index (χ4n) is 2.72. The van der Waals surface area contributed by atoms with Crippen molar-refractivity contribution in [1.82, 2.24) is 10.2 Å². The van der Waals surface area contributed by atoms with Gasteiger partial charge in [0.25, 0.3) is 15.9 Å². The molecule has 0 aromatic heterocycles. The molecule has 6 nitrogen and oxygen atoms in total. The van der Waals surface area contributed by atoms with E-state index in [1.54, 1.807) is 30.0 Å². The first-order valence-electron chi connectivity index (χ1n) is 8.26. The summed E-state index contributed by atoms with van der Waals surface area (Å²) in [5.41, 5.74) is 1.03. The summed E-state index contributed by atoms with van der Waals surface area (Å²) in [6.07, 6.45) is 0. The lowest BCUT2D eigenvalue weighted by atomic mass is 10.1. The van der Waals surface area contributed by atoms with Crippen molar-refractivity contribution < 1.29 is 17.6 Å². The lowest BCUT2D eigenvalue weighted by molar-refractivity contribution is 0.0736. The van der Waals surface area contributed by atoms with Crippen molar-refractivity contribution in [2.75, 3.05) is 30.9 Å². The number of aryl methyl sites for hydroxylation is 1. The molecular formula is C18H21ClFN3O3S. The van der Waals surface area contributed by atoms with Gasteiger partial charge in [0.1, 0.15) is 5.82 Å². The Kier molecular flexibility index (Phi) is 6.80. The highest BCUT2D eigenvalue weighted by Crippen LogP contribution is 2.20. The second-order valence-corrected chi connectivity index (χ2v) is 7.82. The molecule has 0 unspecified atom stereocenters. The quantitative estimate of drug-likeness (QED) is 0.806. The maximum atomic E-state index is 13.7. The van der Waals surface area contributed by atoms with Crippen LogP contribution in [0.15, 0.2) is 47.4 Å². The summed E-state index contributed by atoms with van der Waals surface area (Å²) in [5.74, 6) is -0.732. The topological polar surface area (TPSA) is 78.5 Å². The van der Waals surface area contributed by atoms with Gasteiger partial charge in [0.2, 0.25) is 0 Å². The summed E-state index contributed by atoms with van der Waals surface area (Å²) >= 11 is 0. The largest absolute Gasteiger partial charge is 0.336 e. The minimum atomic E-state index is -3.94. The number of amides is 1. The van der Waals surface area contributed by atoms with E-state index in [0.29, 0.717) is 24.2 Å². The van der Waals surface area contributed by atoms with Crippen LogP contribution in [0.3, 0.4) is 0 Å². The predicted octanol–water partition coefficient (Wildman–Crippen LogP) is 2.40. The van der Waals surface area contributed by atoms with Crippen LogP contribution >= 0.6 is 12.4 Å². The van der Waals surface area contributed by atoms with Crippen molar-refractivity contribution in [3.8, 4) is 0 Å². The van der Waals surface area contributed by atoms with E-state index in [2.05, 4.69) is 10.0 Å². The Morgan fingerprint density at radius 2 is 1.85 bits per heavy atom. The fraction of sp³-hybridized carbons (Fsp3) is 0.278. The van der Waals surface area contributed by atoms with Crippen LogP contribution in [0.2, 0.25) is 0 Å². The number of carbonyl (C=O) groups is 1. The number of benzene rings is 2. The van der Waals surface area contributed by atoms with Gasteiger partial charge in [0.05, 0.1) is 4.90 Å². The van der Waals surface area contributed by atoms with Crippen molar-refractivity contribution in [3.05, 3.63) is 59.4 Å². The molecule has 27 heavy (non-hydrogen) atoms. The van der Waals surface area contributed by atoms with E-state index in [0.717, 1.165) is 19.2 Å². The summed E-state index contributed by atoms with van der Waals surface area (Å²) in [6, 6.07) is 10.0. The van der Waals surface area contributed by atoms with Gasteiger partial charge in [-0.25, -0.2) is 12.8 Å². The average Bonchev–Trinajstić information content (AvgIpc) is 2.64. The van der Waals surface area contributed by atoms with Crippen LogP contribution in [0.1, 0.15) is 15.9 Å². The molecule has 1 heterocycles. The van der Waals surface area contributed by atoms with E-state index in [9.17, 15) is 17.6 Å². The van der Waals surface area contributed by atoms with Crippen molar-refractivity contribution in [1.29, 1.82) is 0 Å². The van der Waals surface area contributed by atoms with Gasteiger partial charge in [0.15, 0.2) is 0 Å². The van der Waals surface area contributed by atoms with Crippen LogP contribution in [-0.2, 0) is 10.0 Å². The van der Waals surface area contributed by atoms with Crippen LogP contribution in [0.25, 0.3) is 0 Å². The minimum Gasteiger partial charge on any atom is -0.336 e. The standard InChI is InChI=1S/C18H20FN3O3S.ClH/c1-13-5-6-16(12-17(13)19)26(24,25)21-15-4-2-3-14(11-15)18(23)22-9-7-20-8-10-22;/h2-6,11-12,20-21H,7-10H2,1H3;1H. The molecule has 0 saturated carbocycles. The van der Waals surface area contributed by atoms with Gasteiger partial charge in [-0.1, -0.05) is 12.1 Å². The first-order valence-corrected chi connectivity index (χ1v) is 9.74. The number of hydrogen-bond donors (Lipinski definition) is 2. The summed E-state index contributed by atoms with van der Waals surface area (Å²) in [6.45, 7) is 4.24. The van der Waals surface area contributed by atoms with Gasteiger partial charge in [-0.15, -0.1) is 12.4 Å². The Labute approximate surface area is 164 Å². The molecule has 0 aliphatic carbocycles. The number of halogens is 2. The highest BCUT2D eigenvalue weighted by atomic mass is 35.5. The number of sulfonamides is 1. The van der Waals surface area contributed by atoms with Crippen LogP contribution in [0, 0.1) is 12.7 Å². The van der Waals surface area contributed by atoms with E-state index in [4.69, 9.17) is 0 Å².